The fourth-order valence-corrected chi connectivity index (χ4v) is 19.9. The number of benzene rings is 16. The highest BCUT2D eigenvalue weighted by atomic mass is 35.5. The molecule has 16 aromatic carbocycles. The molecule has 0 atom stereocenters. The number of hydrogen-bond donors (Lipinski definition) is 0. The summed E-state index contributed by atoms with van der Waals surface area (Å²) in [5.41, 5.74) is 24.6. The van der Waals surface area contributed by atoms with Crippen LogP contribution in [0.5, 0.6) is 23.0 Å². The molecular weight excluding hydrogens is 1540 g/mol. The number of nitrogens with zero attached hydrogens (tertiary/aromatic N) is 8. The molecule has 20 aromatic rings. The molecule has 4 aromatic heterocycles. The highest BCUT2D eigenvalue weighted by Crippen LogP contribution is 2.65. The highest BCUT2D eigenvalue weighted by Gasteiger charge is 2.57. The van der Waals surface area contributed by atoms with Gasteiger partial charge in [-0.05, 0) is 162 Å². The first-order valence-corrected chi connectivity index (χ1v) is 42.3. The largest absolute Gasteiger partial charge is 0.495 e. The average Bonchev–Trinajstić information content (AvgIpc) is 1.48. The third-order valence-corrected chi connectivity index (χ3v) is 25.9. The summed E-state index contributed by atoms with van der Waals surface area (Å²) in [5, 5.41) is 5.07. The second-order valence-corrected chi connectivity index (χ2v) is 33.3. The maximum absolute atomic E-state index is 6.59. The molecule has 25 rings (SSSR count). The summed E-state index contributed by atoms with van der Waals surface area (Å²) in [5.74, 6) is 6.49. The van der Waals surface area contributed by atoms with Gasteiger partial charge in [-0.2, -0.15) is 9.97 Å². The zero-order valence-electron chi connectivity index (χ0n) is 68.1. The number of rotatable bonds is 8. The Morgan fingerprint density at radius 1 is 0.258 bits per heavy atom. The van der Waals surface area contributed by atoms with Gasteiger partial charge in [0.1, 0.15) is 23.0 Å². The van der Waals surface area contributed by atoms with Gasteiger partial charge in [0.25, 0.3) is 0 Å². The van der Waals surface area contributed by atoms with Gasteiger partial charge in [0.15, 0.2) is 29.1 Å². The monoisotopic (exact) mass is 1620 g/mol. The first kappa shape index (κ1) is 74.1. The normalized spacial score (nSPS) is 14.5. The van der Waals surface area contributed by atoms with Gasteiger partial charge >= 0.3 is 7.12 Å². The van der Waals surface area contributed by atoms with Crippen LogP contribution in [0.25, 0.3) is 134 Å². The van der Waals surface area contributed by atoms with Gasteiger partial charge in [0.2, 0.25) is 5.28 Å². The van der Waals surface area contributed by atoms with Crippen molar-refractivity contribution in [1.82, 2.24) is 39.0 Å². The molecule has 0 amide bonds. The number of para-hydroxylation sites is 8. The molecule has 0 saturated carbocycles. The van der Waals surface area contributed by atoms with Crippen LogP contribution in [0.15, 0.2) is 388 Å². The number of ether oxygens (including phenoxy) is 2. The van der Waals surface area contributed by atoms with Crippen LogP contribution in [0.3, 0.4) is 0 Å². The lowest BCUT2D eigenvalue weighted by Crippen LogP contribution is -2.41. The minimum absolute atomic E-state index is 0.177. The summed E-state index contributed by atoms with van der Waals surface area (Å²) >= 11 is 6.28. The van der Waals surface area contributed by atoms with Crippen molar-refractivity contribution in [2.45, 2.75) is 49.7 Å². The topological polar surface area (TPSA) is 124 Å². The Labute approximate surface area is 722 Å². The number of aromatic nitrogens is 8. The first-order chi connectivity index (χ1) is 60.9. The average molecular weight is 1620 g/mol. The summed E-state index contributed by atoms with van der Waals surface area (Å²) in [4.78, 5) is 29.3. The van der Waals surface area contributed by atoms with Crippen molar-refractivity contribution >= 4 is 67.8 Å². The summed E-state index contributed by atoms with van der Waals surface area (Å²) in [7, 11) is -0.441. The quantitative estimate of drug-likeness (QED) is 0.136. The Morgan fingerprint density at radius 2 is 0.556 bits per heavy atom. The molecule has 1 fully saturated rings. The second-order valence-electron chi connectivity index (χ2n) is 33.0. The minimum atomic E-state index is -0.595. The molecule has 2 aliphatic carbocycles. The molecule has 3 aliphatic heterocycles. The lowest BCUT2D eigenvalue weighted by Gasteiger charge is -2.39. The van der Waals surface area contributed by atoms with Gasteiger partial charge < -0.3 is 27.9 Å². The van der Waals surface area contributed by atoms with Crippen molar-refractivity contribution in [1.29, 1.82) is 0 Å². The van der Waals surface area contributed by atoms with Crippen molar-refractivity contribution in [2.75, 3.05) is 0 Å². The lowest BCUT2D eigenvalue weighted by atomic mass is 9.65. The van der Waals surface area contributed by atoms with E-state index in [1.54, 1.807) is 0 Å². The second kappa shape index (κ2) is 29.1. The molecule has 7 heterocycles. The van der Waals surface area contributed by atoms with Crippen molar-refractivity contribution in [2.24, 2.45) is 0 Å². The maximum Gasteiger partial charge on any atom is 0.495 e. The molecule has 590 valence electrons. The van der Waals surface area contributed by atoms with E-state index in [0.29, 0.717) is 29.1 Å². The van der Waals surface area contributed by atoms with Gasteiger partial charge in [-0.3, -0.25) is 0 Å². The Hall–Kier alpha value is -15.0. The first-order valence-electron chi connectivity index (χ1n) is 41.9. The molecule has 1 saturated heterocycles. The molecule has 0 N–H and O–H groups in total. The molecular formula is C110H76BClN8O4. The number of fused-ring (bicyclic) bond motifs is 24. The van der Waals surface area contributed by atoms with E-state index in [0.717, 1.165) is 123 Å². The van der Waals surface area contributed by atoms with Crippen molar-refractivity contribution in [3.63, 3.8) is 0 Å². The summed E-state index contributed by atoms with van der Waals surface area (Å²) in [6.07, 6.45) is 0. The molecule has 0 unspecified atom stereocenters. The third kappa shape index (κ3) is 11.6. The standard InChI is InChI=1S/C52H32N4O.C31H27BO3.C27H17ClN4/c1-2-16-33(17-3-1)49-53-50(34-18-14-19-35(32-34)56-44-28-10-5-20-36(44)37-21-6-11-29-45(37)56)55-51(54-49)39-23-15-27-43-48(39)38-22-4-7-24-40(38)52(43)41-25-8-12-30-46(41)57-47-31-13-9-26-42(47)52;1-29(2)30(3,4)35-32(34-29)25-17-11-16-24-28(25)20-12-5-6-13-21(20)31(24)22-14-7-9-18-26(22)33-27-19-10-8-15-23(27)31;28-27-30-25(18-9-2-1-3-10-18)29-26(31-27)19-11-8-12-20(17-19)32-23-15-6-4-13-21(23)22-14-5-7-16-24(22)32/h1-32H;5-19H,1-4H3;1-17H. The third-order valence-electron chi connectivity index (χ3n) is 25.7. The Balaban J connectivity index is 0.000000114. The number of hydrogen-bond acceptors (Lipinski definition) is 10. The zero-order chi connectivity index (χ0) is 83.0. The summed E-state index contributed by atoms with van der Waals surface area (Å²) in [6.45, 7) is 8.43. The van der Waals surface area contributed by atoms with E-state index in [2.05, 4.69) is 350 Å². The van der Waals surface area contributed by atoms with Crippen LogP contribution in [0.4, 0.5) is 0 Å². The van der Waals surface area contributed by atoms with Crippen LogP contribution in [0.2, 0.25) is 5.28 Å². The summed E-state index contributed by atoms with van der Waals surface area (Å²) < 4.78 is 30.7. The molecule has 0 bridgehead atoms. The predicted octanol–water partition coefficient (Wildman–Crippen LogP) is 25.8. The molecule has 124 heavy (non-hydrogen) atoms. The van der Waals surface area contributed by atoms with Gasteiger partial charge in [0, 0.05) is 83.0 Å². The van der Waals surface area contributed by atoms with Gasteiger partial charge in [-0.1, -0.05) is 315 Å². The molecule has 0 radical (unpaired) electrons. The van der Waals surface area contributed by atoms with E-state index < -0.39 is 29.2 Å². The van der Waals surface area contributed by atoms with Gasteiger partial charge in [-0.25, -0.2) is 19.9 Å². The Kier molecular flexibility index (Phi) is 17.4. The van der Waals surface area contributed by atoms with E-state index in [4.69, 9.17) is 50.3 Å². The van der Waals surface area contributed by atoms with E-state index in [9.17, 15) is 0 Å². The van der Waals surface area contributed by atoms with Crippen LogP contribution < -0.4 is 14.9 Å². The van der Waals surface area contributed by atoms with Crippen LogP contribution in [0.1, 0.15) is 72.2 Å². The van der Waals surface area contributed by atoms with E-state index in [1.807, 2.05) is 84.9 Å². The molecule has 12 nitrogen and oxygen atoms in total. The van der Waals surface area contributed by atoms with Crippen molar-refractivity contribution in [3.8, 4) is 114 Å². The van der Waals surface area contributed by atoms with Gasteiger partial charge in [-0.15, -0.1) is 0 Å². The van der Waals surface area contributed by atoms with Crippen LogP contribution in [-0.2, 0) is 20.1 Å². The van der Waals surface area contributed by atoms with Crippen LogP contribution in [-0.4, -0.2) is 57.4 Å². The number of halogens is 1. The zero-order valence-corrected chi connectivity index (χ0v) is 68.9. The lowest BCUT2D eigenvalue weighted by molar-refractivity contribution is 0.00578. The fourth-order valence-electron chi connectivity index (χ4n) is 19.7. The van der Waals surface area contributed by atoms with Crippen molar-refractivity contribution < 1.29 is 18.8 Å². The highest BCUT2D eigenvalue weighted by molar-refractivity contribution is 6.64. The Morgan fingerprint density at radius 3 is 0.992 bits per heavy atom. The minimum Gasteiger partial charge on any atom is -0.457 e. The summed E-state index contributed by atoms with van der Waals surface area (Å²) in [6, 6.07) is 135. The van der Waals surface area contributed by atoms with Crippen LogP contribution in [0, 0.1) is 0 Å². The van der Waals surface area contributed by atoms with Crippen LogP contribution >= 0.6 is 11.6 Å². The van der Waals surface area contributed by atoms with E-state index in [1.165, 1.54) is 54.9 Å². The van der Waals surface area contributed by atoms with Crippen molar-refractivity contribution in [3.05, 3.63) is 438 Å². The molecule has 5 aliphatic rings. The molecule has 14 heteroatoms. The fraction of sp³-hybridized carbons (Fsp3) is 0.0727. The van der Waals surface area contributed by atoms with E-state index in [-0.39, 0.29) is 5.28 Å². The van der Waals surface area contributed by atoms with E-state index >= 15 is 0 Å². The smallest absolute Gasteiger partial charge is 0.457 e. The molecule has 2 spiro atoms. The predicted molar refractivity (Wildman–Crippen MR) is 497 cm³/mol. The Bertz CT molecular complexity index is 7500. The maximum atomic E-state index is 6.59. The van der Waals surface area contributed by atoms with Gasteiger partial charge in [0.05, 0.1) is 44.1 Å². The SMILES string of the molecule is CC1(C)OB(c2cccc3c2-c2ccccc2C32c3ccccc3Oc3ccccc32)OC1(C)C.Clc1nc(-c2ccccc2)nc(-c2cccc(-n3c4ccccc4c4ccccc43)c2)n1.c1ccc(-c2nc(-c3cccc(-n4c5ccccc5c5ccccc54)c3)nc(-c3cccc4c3-c3ccccc3C43c4ccccc4Oc4ccccc43)n2)cc1.